The van der Waals surface area contributed by atoms with Crippen LogP contribution >= 0.6 is 0 Å². The summed E-state index contributed by atoms with van der Waals surface area (Å²) < 4.78 is 1.83. The van der Waals surface area contributed by atoms with Crippen molar-refractivity contribution in [2.24, 2.45) is 0 Å². The van der Waals surface area contributed by atoms with Crippen molar-refractivity contribution in [1.82, 2.24) is 9.78 Å². The molecule has 0 unspecified atom stereocenters. The first kappa shape index (κ1) is 12.4. The summed E-state index contributed by atoms with van der Waals surface area (Å²) in [5, 5.41) is 7.09. The molecule has 1 aromatic carbocycles. The van der Waals surface area contributed by atoms with Crippen molar-refractivity contribution in [3.05, 3.63) is 47.7 Å². The van der Waals surface area contributed by atoms with Gasteiger partial charge in [0.05, 0.1) is 0 Å². The fourth-order valence-electron chi connectivity index (χ4n) is 1.79. The van der Waals surface area contributed by atoms with Crippen molar-refractivity contribution >= 4 is 11.7 Å². The highest BCUT2D eigenvalue weighted by molar-refractivity contribution is 6.04. The molecule has 4 heteroatoms. The van der Waals surface area contributed by atoms with Crippen molar-refractivity contribution in [1.29, 1.82) is 0 Å². The zero-order valence-corrected chi connectivity index (χ0v) is 10.7. The SMILES string of the molecule is CCCn1ccc(NC(=O)c2ccccc2C)n1. The summed E-state index contributed by atoms with van der Waals surface area (Å²) >= 11 is 0. The average Bonchev–Trinajstić information content (AvgIpc) is 2.77. The lowest BCUT2D eigenvalue weighted by atomic mass is 10.1. The molecule has 0 spiro atoms. The fourth-order valence-corrected chi connectivity index (χ4v) is 1.79. The van der Waals surface area contributed by atoms with E-state index in [4.69, 9.17) is 0 Å². The molecule has 94 valence electrons. The summed E-state index contributed by atoms with van der Waals surface area (Å²) in [5.74, 6) is 0.478. The highest BCUT2D eigenvalue weighted by Crippen LogP contribution is 2.10. The van der Waals surface area contributed by atoms with E-state index in [0.29, 0.717) is 11.4 Å². The lowest BCUT2D eigenvalue weighted by Gasteiger charge is -2.04. The van der Waals surface area contributed by atoms with Crippen LogP contribution in [-0.4, -0.2) is 15.7 Å². The minimum absolute atomic E-state index is 0.116. The Balaban J connectivity index is 2.09. The van der Waals surface area contributed by atoms with E-state index in [2.05, 4.69) is 17.3 Å². The van der Waals surface area contributed by atoms with Gasteiger partial charge >= 0.3 is 0 Å². The van der Waals surface area contributed by atoms with Gasteiger partial charge in [0, 0.05) is 24.4 Å². The van der Waals surface area contributed by atoms with E-state index in [1.54, 1.807) is 0 Å². The van der Waals surface area contributed by atoms with Gasteiger partial charge < -0.3 is 5.32 Å². The van der Waals surface area contributed by atoms with E-state index < -0.39 is 0 Å². The number of anilines is 1. The lowest BCUT2D eigenvalue weighted by Crippen LogP contribution is -2.14. The summed E-state index contributed by atoms with van der Waals surface area (Å²) in [4.78, 5) is 12.0. The van der Waals surface area contributed by atoms with E-state index in [1.165, 1.54) is 0 Å². The summed E-state index contributed by atoms with van der Waals surface area (Å²) in [6, 6.07) is 9.32. The standard InChI is InChI=1S/C14H17N3O/c1-3-9-17-10-8-13(16-17)15-14(18)12-7-5-4-6-11(12)2/h4-8,10H,3,9H2,1-2H3,(H,15,16,18). The normalized spacial score (nSPS) is 10.3. The van der Waals surface area contributed by atoms with Crippen LogP contribution in [0.2, 0.25) is 0 Å². The van der Waals surface area contributed by atoms with E-state index in [-0.39, 0.29) is 5.91 Å². The molecule has 4 nitrogen and oxygen atoms in total. The van der Waals surface area contributed by atoms with E-state index in [9.17, 15) is 4.79 Å². The smallest absolute Gasteiger partial charge is 0.257 e. The van der Waals surface area contributed by atoms with Gasteiger partial charge in [-0.3, -0.25) is 9.48 Å². The highest BCUT2D eigenvalue weighted by atomic mass is 16.1. The predicted molar refractivity (Wildman–Crippen MR) is 71.7 cm³/mol. The van der Waals surface area contributed by atoms with Gasteiger partial charge in [-0.15, -0.1) is 0 Å². The minimum atomic E-state index is -0.116. The molecule has 0 radical (unpaired) electrons. The molecule has 1 N–H and O–H groups in total. The van der Waals surface area contributed by atoms with Crippen LogP contribution in [-0.2, 0) is 6.54 Å². The van der Waals surface area contributed by atoms with Gasteiger partial charge in [0.15, 0.2) is 5.82 Å². The van der Waals surface area contributed by atoms with E-state index in [1.807, 2.05) is 48.1 Å². The number of aromatic nitrogens is 2. The second kappa shape index (κ2) is 5.49. The molecule has 18 heavy (non-hydrogen) atoms. The van der Waals surface area contributed by atoms with Gasteiger partial charge in [-0.05, 0) is 25.0 Å². The Morgan fingerprint density at radius 1 is 1.33 bits per heavy atom. The zero-order chi connectivity index (χ0) is 13.0. The van der Waals surface area contributed by atoms with Crippen LogP contribution in [0.15, 0.2) is 36.5 Å². The van der Waals surface area contributed by atoms with Gasteiger partial charge in [-0.2, -0.15) is 5.10 Å². The molecular weight excluding hydrogens is 226 g/mol. The third-order valence-corrected chi connectivity index (χ3v) is 2.72. The highest BCUT2D eigenvalue weighted by Gasteiger charge is 2.09. The first-order chi connectivity index (χ1) is 8.70. The van der Waals surface area contributed by atoms with Crippen molar-refractivity contribution in [3.8, 4) is 0 Å². The van der Waals surface area contributed by atoms with Crippen molar-refractivity contribution < 1.29 is 4.79 Å². The topological polar surface area (TPSA) is 46.9 Å². The maximum absolute atomic E-state index is 12.0. The molecule has 0 saturated carbocycles. The molecule has 1 heterocycles. The van der Waals surface area contributed by atoms with E-state index in [0.717, 1.165) is 18.5 Å². The van der Waals surface area contributed by atoms with Gasteiger partial charge in [0.25, 0.3) is 5.91 Å². The Labute approximate surface area is 107 Å². The molecule has 0 saturated heterocycles. The molecule has 1 amide bonds. The molecule has 0 aliphatic carbocycles. The minimum Gasteiger partial charge on any atom is -0.305 e. The Morgan fingerprint density at radius 2 is 2.11 bits per heavy atom. The van der Waals surface area contributed by atoms with Gasteiger partial charge in [-0.1, -0.05) is 25.1 Å². The Bertz CT molecular complexity index is 545. The predicted octanol–water partition coefficient (Wildman–Crippen LogP) is 2.85. The largest absolute Gasteiger partial charge is 0.305 e. The molecule has 0 aliphatic heterocycles. The lowest BCUT2D eigenvalue weighted by molar-refractivity contribution is 0.102. The van der Waals surface area contributed by atoms with E-state index >= 15 is 0 Å². The number of aryl methyl sites for hydroxylation is 2. The second-order valence-corrected chi connectivity index (χ2v) is 4.23. The van der Waals surface area contributed by atoms with Crippen LogP contribution < -0.4 is 5.32 Å². The first-order valence-corrected chi connectivity index (χ1v) is 6.11. The number of carbonyl (C=O) groups excluding carboxylic acids is 1. The molecule has 2 aromatic rings. The molecule has 2 rings (SSSR count). The van der Waals surface area contributed by atoms with Crippen LogP contribution in [0, 0.1) is 6.92 Å². The van der Waals surface area contributed by atoms with Gasteiger partial charge in [-0.25, -0.2) is 0 Å². The maximum Gasteiger partial charge on any atom is 0.257 e. The number of nitrogens with zero attached hydrogens (tertiary/aromatic N) is 2. The fraction of sp³-hybridized carbons (Fsp3) is 0.286. The monoisotopic (exact) mass is 243 g/mol. The molecule has 0 bridgehead atoms. The second-order valence-electron chi connectivity index (χ2n) is 4.23. The van der Waals surface area contributed by atoms with Crippen LogP contribution in [0.25, 0.3) is 0 Å². The van der Waals surface area contributed by atoms with Crippen LogP contribution in [0.1, 0.15) is 29.3 Å². The zero-order valence-electron chi connectivity index (χ0n) is 10.7. The number of hydrogen-bond donors (Lipinski definition) is 1. The number of nitrogens with one attached hydrogen (secondary N) is 1. The molecule has 0 aliphatic rings. The van der Waals surface area contributed by atoms with Crippen molar-refractivity contribution in [2.45, 2.75) is 26.8 Å². The quantitative estimate of drug-likeness (QED) is 0.897. The molecular formula is C14H17N3O. The van der Waals surface area contributed by atoms with Crippen LogP contribution in [0.3, 0.4) is 0 Å². The third kappa shape index (κ3) is 2.77. The van der Waals surface area contributed by atoms with Crippen LogP contribution in [0.4, 0.5) is 5.82 Å². The Hall–Kier alpha value is -2.10. The average molecular weight is 243 g/mol. The number of rotatable bonds is 4. The Morgan fingerprint density at radius 3 is 2.83 bits per heavy atom. The van der Waals surface area contributed by atoms with Crippen LogP contribution in [0.5, 0.6) is 0 Å². The summed E-state index contributed by atoms with van der Waals surface area (Å²) in [6.07, 6.45) is 2.89. The first-order valence-electron chi connectivity index (χ1n) is 6.11. The van der Waals surface area contributed by atoms with Gasteiger partial charge in [0.2, 0.25) is 0 Å². The summed E-state index contributed by atoms with van der Waals surface area (Å²) in [7, 11) is 0. The number of amides is 1. The number of benzene rings is 1. The molecule has 1 aromatic heterocycles. The molecule has 0 fully saturated rings. The third-order valence-electron chi connectivity index (χ3n) is 2.72. The Kier molecular flexibility index (Phi) is 3.77. The van der Waals surface area contributed by atoms with Gasteiger partial charge in [0.1, 0.15) is 0 Å². The van der Waals surface area contributed by atoms with Crippen molar-refractivity contribution in [2.75, 3.05) is 5.32 Å². The molecule has 0 atom stereocenters. The van der Waals surface area contributed by atoms with Crippen molar-refractivity contribution in [3.63, 3.8) is 0 Å². The summed E-state index contributed by atoms with van der Waals surface area (Å²) in [5.41, 5.74) is 1.64. The maximum atomic E-state index is 12.0. The number of carbonyl (C=O) groups is 1. The number of hydrogen-bond acceptors (Lipinski definition) is 2. The summed E-state index contributed by atoms with van der Waals surface area (Å²) in [6.45, 7) is 4.87.